The monoisotopic (exact) mass is 317 g/mol. The largest absolute Gasteiger partial charge is 0.497 e. The molecule has 0 radical (unpaired) electrons. The number of nitrogens with one attached hydrogen (secondary N) is 1. The molecule has 2 aliphatic heterocycles. The Morgan fingerprint density at radius 3 is 2.65 bits per heavy atom. The van der Waals surface area contributed by atoms with Crippen LogP contribution in [0, 0.1) is 5.92 Å². The number of piperazine rings is 1. The van der Waals surface area contributed by atoms with Crippen molar-refractivity contribution in [2.24, 2.45) is 5.92 Å². The molecule has 1 aromatic carbocycles. The highest BCUT2D eigenvalue weighted by molar-refractivity contribution is 5.76. The molecule has 2 fully saturated rings. The van der Waals surface area contributed by atoms with Gasteiger partial charge in [0.15, 0.2) is 0 Å². The molecule has 2 saturated heterocycles. The fraction of sp³-hybridized carbons (Fsp3) is 0.611. The van der Waals surface area contributed by atoms with Crippen molar-refractivity contribution in [3.63, 3.8) is 0 Å². The summed E-state index contributed by atoms with van der Waals surface area (Å²) < 4.78 is 5.29. The van der Waals surface area contributed by atoms with E-state index in [1.54, 1.807) is 7.11 Å². The van der Waals surface area contributed by atoms with Crippen LogP contribution in [0.15, 0.2) is 24.3 Å². The highest BCUT2D eigenvalue weighted by Gasteiger charge is 2.24. The molecule has 0 atom stereocenters. The predicted octanol–water partition coefficient (Wildman–Crippen LogP) is 1.73. The fourth-order valence-corrected chi connectivity index (χ4v) is 3.48. The number of ether oxygens (including phenoxy) is 1. The summed E-state index contributed by atoms with van der Waals surface area (Å²) >= 11 is 0. The van der Waals surface area contributed by atoms with E-state index in [-0.39, 0.29) is 0 Å². The van der Waals surface area contributed by atoms with E-state index in [9.17, 15) is 4.79 Å². The Bertz CT molecular complexity index is 521. The van der Waals surface area contributed by atoms with Gasteiger partial charge in [-0.3, -0.25) is 4.79 Å². The number of carbonyl (C=O) groups is 1. The molecular weight excluding hydrogens is 290 g/mol. The van der Waals surface area contributed by atoms with Gasteiger partial charge in [0.2, 0.25) is 5.91 Å². The zero-order valence-electron chi connectivity index (χ0n) is 14.0. The van der Waals surface area contributed by atoms with Gasteiger partial charge in [-0.2, -0.15) is 0 Å². The van der Waals surface area contributed by atoms with Gasteiger partial charge in [-0.25, -0.2) is 0 Å². The standard InChI is InChI=1S/C18H27N3O2/c1-23-17-4-2-3-16(14-17)20-9-11-21(12-10-20)18(22)13-15-5-7-19-8-6-15/h2-4,14-15,19H,5-13H2,1H3. The van der Waals surface area contributed by atoms with E-state index in [2.05, 4.69) is 22.3 Å². The van der Waals surface area contributed by atoms with E-state index in [4.69, 9.17) is 4.74 Å². The molecule has 2 aliphatic rings. The molecule has 0 bridgehead atoms. The van der Waals surface area contributed by atoms with Crippen LogP contribution in [-0.4, -0.2) is 57.2 Å². The number of hydrogen-bond donors (Lipinski definition) is 1. The van der Waals surface area contributed by atoms with Crippen molar-refractivity contribution in [3.05, 3.63) is 24.3 Å². The zero-order chi connectivity index (χ0) is 16.1. The quantitative estimate of drug-likeness (QED) is 0.919. The Hall–Kier alpha value is -1.75. The van der Waals surface area contributed by atoms with Crippen LogP contribution in [0.2, 0.25) is 0 Å². The van der Waals surface area contributed by atoms with Gasteiger partial charge in [0.1, 0.15) is 5.75 Å². The first kappa shape index (κ1) is 16.1. The maximum atomic E-state index is 12.5. The van der Waals surface area contributed by atoms with Crippen molar-refractivity contribution >= 4 is 11.6 Å². The van der Waals surface area contributed by atoms with Gasteiger partial charge >= 0.3 is 0 Å². The normalized spacial score (nSPS) is 19.7. The lowest BCUT2D eigenvalue weighted by atomic mass is 9.94. The molecule has 0 unspecified atom stereocenters. The van der Waals surface area contributed by atoms with Crippen molar-refractivity contribution < 1.29 is 9.53 Å². The molecule has 0 saturated carbocycles. The van der Waals surface area contributed by atoms with Crippen molar-refractivity contribution in [2.45, 2.75) is 19.3 Å². The van der Waals surface area contributed by atoms with Crippen molar-refractivity contribution in [2.75, 3.05) is 51.3 Å². The molecule has 0 spiro atoms. The molecule has 5 heteroatoms. The minimum atomic E-state index is 0.335. The van der Waals surface area contributed by atoms with Crippen LogP contribution >= 0.6 is 0 Å². The van der Waals surface area contributed by atoms with Crippen LogP contribution in [0.4, 0.5) is 5.69 Å². The van der Waals surface area contributed by atoms with E-state index in [1.165, 1.54) is 5.69 Å². The SMILES string of the molecule is COc1cccc(N2CCN(C(=O)CC3CCNCC3)CC2)c1. The summed E-state index contributed by atoms with van der Waals surface area (Å²) in [6.45, 7) is 5.54. The van der Waals surface area contributed by atoms with Crippen LogP contribution < -0.4 is 15.0 Å². The molecule has 5 nitrogen and oxygen atoms in total. The molecule has 2 heterocycles. The summed E-state index contributed by atoms with van der Waals surface area (Å²) in [6, 6.07) is 8.15. The summed E-state index contributed by atoms with van der Waals surface area (Å²) in [4.78, 5) is 16.8. The Kier molecular flexibility index (Phi) is 5.39. The van der Waals surface area contributed by atoms with Crippen LogP contribution in [0.25, 0.3) is 0 Å². The number of nitrogens with zero attached hydrogens (tertiary/aromatic N) is 2. The maximum absolute atomic E-state index is 12.5. The molecule has 3 rings (SSSR count). The molecule has 126 valence electrons. The minimum absolute atomic E-state index is 0.335. The number of methoxy groups -OCH3 is 1. The Morgan fingerprint density at radius 1 is 1.22 bits per heavy atom. The topological polar surface area (TPSA) is 44.8 Å². The second-order valence-electron chi connectivity index (χ2n) is 6.47. The Balaban J connectivity index is 1.50. The first-order valence-electron chi connectivity index (χ1n) is 8.64. The highest BCUT2D eigenvalue weighted by Crippen LogP contribution is 2.23. The Labute approximate surface area is 138 Å². The van der Waals surface area contributed by atoms with Gasteiger partial charge in [0.25, 0.3) is 0 Å². The first-order valence-corrected chi connectivity index (χ1v) is 8.64. The molecule has 0 aliphatic carbocycles. The van der Waals surface area contributed by atoms with Gasteiger partial charge in [0, 0.05) is 44.4 Å². The lowest BCUT2D eigenvalue weighted by Crippen LogP contribution is -2.49. The number of hydrogen-bond acceptors (Lipinski definition) is 4. The van der Waals surface area contributed by atoms with Gasteiger partial charge < -0.3 is 19.9 Å². The van der Waals surface area contributed by atoms with Crippen LogP contribution in [0.5, 0.6) is 5.75 Å². The Morgan fingerprint density at radius 2 is 1.96 bits per heavy atom. The van der Waals surface area contributed by atoms with Crippen LogP contribution in [-0.2, 0) is 4.79 Å². The number of amides is 1. The molecule has 1 aromatic rings. The lowest BCUT2D eigenvalue weighted by Gasteiger charge is -2.37. The minimum Gasteiger partial charge on any atom is -0.497 e. The maximum Gasteiger partial charge on any atom is 0.222 e. The van der Waals surface area contributed by atoms with Crippen molar-refractivity contribution in [3.8, 4) is 5.75 Å². The van der Waals surface area contributed by atoms with E-state index in [0.717, 1.165) is 64.3 Å². The number of anilines is 1. The zero-order valence-corrected chi connectivity index (χ0v) is 14.0. The highest BCUT2D eigenvalue weighted by atomic mass is 16.5. The average Bonchev–Trinajstić information content (AvgIpc) is 2.63. The summed E-state index contributed by atoms with van der Waals surface area (Å²) in [5, 5.41) is 3.36. The van der Waals surface area contributed by atoms with Gasteiger partial charge in [0.05, 0.1) is 7.11 Å². The van der Waals surface area contributed by atoms with Gasteiger partial charge in [-0.15, -0.1) is 0 Å². The number of carbonyl (C=O) groups excluding carboxylic acids is 1. The molecule has 1 amide bonds. The molecule has 1 N–H and O–H groups in total. The van der Waals surface area contributed by atoms with Crippen molar-refractivity contribution in [1.82, 2.24) is 10.2 Å². The molecule has 23 heavy (non-hydrogen) atoms. The average molecular weight is 317 g/mol. The number of piperidine rings is 1. The third-order valence-corrected chi connectivity index (χ3v) is 4.97. The van der Waals surface area contributed by atoms with E-state index in [0.29, 0.717) is 11.8 Å². The summed E-state index contributed by atoms with van der Waals surface area (Å²) in [7, 11) is 1.69. The number of rotatable bonds is 4. The second kappa shape index (κ2) is 7.68. The van der Waals surface area contributed by atoms with E-state index < -0.39 is 0 Å². The first-order chi connectivity index (χ1) is 11.3. The van der Waals surface area contributed by atoms with Gasteiger partial charge in [-0.05, 0) is 44.0 Å². The third-order valence-electron chi connectivity index (χ3n) is 4.97. The predicted molar refractivity (Wildman–Crippen MR) is 92.0 cm³/mol. The fourth-order valence-electron chi connectivity index (χ4n) is 3.48. The summed E-state index contributed by atoms with van der Waals surface area (Å²) in [5.74, 6) is 1.79. The third kappa shape index (κ3) is 4.16. The van der Waals surface area contributed by atoms with Crippen LogP contribution in [0.1, 0.15) is 19.3 Å². The van der Waals surface area contributed by atoms with E-state index in [1.807, 2.05) is 17.0 Å². The lowest BCUT2D eigenvalue weighted by molar-refractivity contribution is -0.132. The number of benzene rings is 1. The summed E-state index contributed by atoms with van der Waals surface area (Å²) in [6.07, 6.45) is 2.99. The van der Waals surface area contributed by atoms with Gasteiger partial charge in [-0.1, -0.05) is 6.07 Å². The smallest absolute Gasteiger partial charge is 0.222 e. The second-order valence-corrected chi connectivity index (χ2v) is 6.47. The molecule has 0 aromatic heterocycles. The van der Waals surface area contributed by atoms with E-state index >= 15 is 0 Å². The summed E-state index contributed by atoms with van der Waals surface area (Å²) in [5.41, 5.74) is 1.18. The van der Waals surface area contributed by atoms with Crippen molar-refractivity contribution in [1.29, 1.82) is 0 Å². The molecular formula is C18H27N3O2. The van der Waals surface area contributed by atoms with Crippen LogP contribution in [0.3, 0.4) is 0 Å².